The van der Waals surface area contributed by atoms with Crippen molar-refractivity contribution < 1.29 is 14.3 Å². The minimum atomic E-state index is -0.636. The monoisotopic (exact) mass is 426 g/mol. The van der Waals surface area contributed by atoms with Crippen molar-refractivity contribution in [2.75, 3.05) is 49.7 Å². The van der Waals surface area contributed by atoms with Crippen LogP contribution in [0.25, 0.3) is 0 Å². The van der Waals surface area contributed by atoms with Gasteiger partial charge >= 0.3 is 0 Å². The molecule has 0 aliphatic carbocycles. The van der Waals surface area contributed by atoms with Gasteiger partial charge < -0.3 is 15.7 Å². The maximum Gasteiger partial charge on any atom is 0.251 e. The van der Waals surface area contributed by atoms with Crippen LogP contribution in [0.3, 0.4) is 0 Å². The van der Waals surface area contributed by atoms with Crippen LogP contribution in [0, 0.1) is 12.7 Å². The van der Waals surface area contributed by atoms with Crippen LogP contribution < -0.4 is 15.6 Å². The Hall–Kier alpha value is -3.33. The van der Waals surface area contributed by atoms with Crippen LogP contribution in [0.15, 0.2) is 47.9 Å². The molecular weight excluding hydrogens is 399 g/mol. The van der Waals surface area contributed by atoms with Crippen molar-refractivity contribution in [3.63, 3.8) is 0 Å². The first-order chi connectivity index (χ1) is 14.8. The summed E-state index contributed by atoms with van der Waals surface area (Å²) >= 11 is 0. The van der Waals surface area contributed by atoms with E-state index in [9.17, 15) is 14.3 Å². The number of primary amides is 1. The second-order valence-electron chi connectivity index (χ2n) is 7.93. The number of amides is 1. The van der Waals surface area contributed by atoms with Crippen molar-refractivity contribution in [3.8, 4) is 0 Å². The molecule has 0 saturated carbocycles. The molecule has 1 saturated heterocycles. The van der Waals surface area contributed by atoms with Crippen LogP contribution in [0.5, 0.6) is 0 Å². The zero-order valence-electron chi connectivity index (χ0n) is 17.8. The van der Waals surface area contributed by atoms with Gasteiger partial charge in [0.1, 0.15) is 11.5 Å². The molecule has 3 N–H and O–H groups in total. The minimum Gasteiger partial charge on any atom is -0.493 e. The molecule has 1 aromatic heterocycles. The quantitative estimate of drug-likeness (QED) is 0.753. The Kier molecular flexibility index (Phi) is 5.69. The van der Waals surface area contributed by atoms with Crippen LogP contribution in [0.1, 0.15) is 11.3 Å². The summed E-state index contributed by atoms with van der Waals surface area (Å²) in [5.74, 6) is -0.184. The molecule has 9 heteroatoms. The van der Waals surface area contributed by atoms with Crippen molar-refractivity contribution in [2.24, 2.45) is 5.73 Å². The minimum absolute atomic E-state index is 0.136. The van der Waals surface area contributed by atoms with E-state index in [1.807, 2.05) is 36.2 Å². The first-order valence-electron chi connectivity index (χ1n) is 10.3. The molecule has 31 heavy (non-hydrogen) atoms. The Bertz CT molecular complexity index is 1000. The number of hydrogen-bond acceptors (Lipinski definition) is 7. The van der Waals surface area contributed by atoms with Crippen molar-refractivity contribution in [3.05, 3.63) is 64.9 Å². The zero-order valence-corrected chi connectivity index (χ0v) is 17.8. The Morgan fingerprint density at radius 1 is 1.13 bits per heavy atom. The summed E-state index contributed by atoms with van der Waals surface area (Å²) in [7, 11) is 1.69. The van der Waals surface area contributed by atoms with Gasteiger partial charge in [0.25, 0.3) is 5.91 Å². The summed E-state index contributed by atoms with van der Waals surface area (Å²) in [6, 6.07) is 10.5. The highest BCUT2D eigenvalue weighted by molar-refractivity contribution is 5.94. The average Bonchev–Trinajstić information content (AvgIpc) is 3.05. The highest BCUT2D eigenvalue weighted by Gasteiger charge is 2.33. The number of hydrogen-bond donors (Lipinski definition) is 2. The van der Waals surface area contributed by atoms with Crippen molar-refractivity contribution in [1.29, 1.82) is 0 Å². The molecule has 3 heterocycles. The number of aliphatic hydroxyl groups is 1. The van der Waals surface area contributed by atoms with Gasteiger partial charge in [-0.1, -0.05) is 12.1 Å². The van der Waals surface area contributed by atoms with Crippen LogP contribution in [0.4, 0.5) is 15.9 Å². The Morgan fingerprint density at radius 3 is 2.42 bits per heavy atom. The van der Waals surface area contributed by atoms with E-state index in [1.165, 1.54) is 17.1 Å². The fraction of sp³-hybridized carbons (Fsp3) is 0.364. The van der Waals surface area contributed by atoms with Gasteiger partial charge in [-0.25, -0.2) is 9.37 Å². The lowest BCUT2D eigenvalue weighted by molar-refractivity contribution is -0.114. The maximum atomic E-state index is 13.1. The number of nitrogens with zero attached hydrogens (tertiary/aromatic N) is 5. The first kappa shape index (κ1) is 20.9. The fourth-order valence-electron chi connectivity index (χ4n) is 4.01. The average molecular weight is 426 g/mol. The highest BCUT2D eigenvalue weighted by Crippen LogP contribution is 2.34. The molecule has 0 atom stereocenters. The largest absolute Gasteiger partial charge is 0.493 e. The Morgan fingerprint density at radius 2 is 1.81 bits per heavy atom. The second-order valence-corrected chi connectivity index (χ2v) is 7.93. The fourth-order valence-corrected chi connectivity index (χ4v) is 4.01. The van der Waals surface area contributed by atoms with Crippen molar-refractivity contribution >= 4 is 17.4 Å². The number of nitrogens with two attached hydrogens (primary N) is 1. The van der Waals surface area contributed by atoms with E-state index in [4.69, 9.17) is 10.7 Å². The molecule has 0 unspecified atom stereocenters. The van der Waals surface area contributed by atoms with E-state index in [0.29, 0.717) is 0 Å². The number of piperazine rings is 1. The van der Waals surface area contributed by atoms with Gasteiger partial charge in [-0.05, 0) is 36.8 Å². The molecule has 4 rings (SSSR count). The maximum absolute atomic E-state index is 13.1. The molecule has 0 spiro atoms. The van der Waals surface area contributed by atoms with E-state index < -0.39 is 5.91 Å². The summed E-state index contributed by atoms with van der Waals surface area (Å²) < 4.78 is 13.1. The third-order valence-electron chi connectivity index (χ3n) is 5.81. The van der Waals surface area contributed by atoms with Crippen LogP contribution >= 0.6 is 0 Å². The third-order valence-corrected chi connectivity index (χ3v) is 5.81. The van der Waals surface area contributed by atoms with Crippen molar-refractivity contribution in [2.45, 2.75) is 13.5 Å². The summed E-state index contributed by atoms with van der Waals surface area (Å²) in [6.07, 6.45) is 0. The Balaban J connectivity index is 1.49. The predicted octanol–water partition coefficient (Wildman–Crippen LogP) is 1.77. The van der Waals surface area contributed by atoms with Crippen LogP contribution in [-0.2, 0) is 11.3 Å². The van der Waals surface area contributed by atoms with Gasteiger partial charge in [0.05, 0.1) is 12.1 Å². The topological polar surface area (TPSA) is 89.2 Å². The van der Waals surface area contributed by atoms with Gasteiger partial charge in [-0.2, -0.15) is 0 Å². The van der Waals surface area contributed by atoms with Crippen LogP contribution in [0.2, 0.25) is 0 Å². The van der Waals surface area contributed by atoms with E-state index >= 15 is 0 Å². The van der Waals surface area contributed by atoms with Gasteiger partial charge in [0.15, 0.2) is 5.82 Å². The number of halogens is 1. The van der Waals surface area contributed by atoms with E-state index in [1.54, 1.807) is 7.05 Å². The van der Waals surface area contributed by atoms with Gasteiger partial charge in [0, 0.05) is 45.5 Å². The standard InChI is InChI=1S/C22H27FN6O2/c1-15-3-8-19(29-14-18(20(24)30)22(31)26(29)2)21(25-15)28-11-9-27(10-12-28)13-16-4-6-17(23)7-5-16/h3-8,31H,9-14H2,1-2H3,(H2,24,30). The molecule has 2 aliphatic rings. The number of benzene rings is 1. The lowest BCUT2D eigenvalue weighted by Gasteiger charge is -2.38. The number of aliphatic hydroxyl groups excluding tert-OH is 1. The summed E-state index contributed by atoms with van der Waals surface area (Å²) in [5.41, 5.74) is 8.38. The molecule has 164 valence electrons. The molecule has 1 aromatic carbocycles. The zero-order chi connectivity index (χ0) is 22.1. The molecular formula is C22H27FN6O2. The Labute approximate surface area is 180 Å². The molecule has 8 nitrogen and oxygen atoms in total. The predicted molar refractivity (Wildman–Crippen MR) is 117 cm³/mol. The number of pyridine rings is 1. The number of rotatable bonds is 5. The number of hydrazine groups is 1. The van der Waals surface area contributed by atoms with E-state index in [-0.39, 0.29) is 23.8 Å². The normalized spacial score (nSPS) is 17.6. The molecule has 1 fully saturated rings. The lowest BCUT2D eigenvalue weighted by Crippen LogP contribution is -2.47. The smallest absolute Gasteiger partial charge is 0.251 e. The highest BCUT2D eigenvalue weighted by atomic mass is 19.1. The molecule has 0 radical (unpaired) electrons. The lowest BCUT2D eigenvalue weighted by atomic mass is 10.2. The molecule has 1 amide bonds. The molecule has 0 bridgehead atoms. The molecule has 2 aliphatic heterocycles. The van der Waals surface area contributed by atoms with Crippen molar-refractivity contribution in [1.82, 2.24) is 14.9 Å². The second kappa shape index (κ2) is 8.43. The van der Waals surface area contributed by atoms with Gasteiger partial charge in [-0.15, -0.1) is 0 Å². The van der Waals surface area contributed by atoms with Gasteiger partial charge in [0.2, 0.25) is 5.88 Å². The number of carbonyl (C=O) groups excluding carboxylic acids is 1. The molecule has 2 aromatic rings. The number of aromatic nitrogens is 1. The SMILES string of the molecule is Cc1ccc(N2CC(C(N)=O)=C(O)N2C)c(N2CCN(Cc3ccc(F)cc3)CC2)n1. The summed E-state index contributed by atoms with van der Waals surface area (Å²) in [4.78, 5) is 21.0. The van der Waals surface area contributed by atoms with Crippen LogP contribution in [-0.4, -0.2) is 65.7 Å². The number of anilines is 2. The third kappa shape index (κ3) is 4.27. The first-order valence-corrected chi connectivity index (χ1v) is 10.3. The van der Waals surface area contributed by atoms with E-state index in [0.717, 1.165) is 55.5 Å². The number of carbonyl (C=O) groups is 1. The summed E-state index contributed by atoms with van der Waals surface area (Å²) in [6.45, 7) is 6.16. The summed E-state index contributed by atoms with van der Waals surface area (Å²) in [5, 5.41) is 13.6. The van der Waals surface area contributed by atoms with Gasteiger partial charge in [-0.3, -0.25) is 19.7 Å². The van der Waals surface area contributed by atoms with E-state index in [2.05, 4.69) is 9.80 Å². The number of aryl methyl sites for hydroxylation is 1.